The predicted molar refractivity (Wildman–Crippen MR) is 94.9 cm³/mol. The summed E-state index contributed by atoms with van der Waals surface area (Å²) < 4.78 is 13.0. The molecule has 1 N–H and O–H groups in total. The van der Waals surface area contributed by atoms with Gasteiger partial charge < -0.3 is 5.32 Å². The zero-order valence-electron chi connectivity index (χ0n) is 13.4. The standard InChI is InChI=1S/C19H12FN5O/c20-16-9-6-13(10-21-16)14-7-8-15-17(24-14)18(23-11-22-15)25-19(26)12-4-2-1-3-5-12/h1-11H,(H,22,23,25,26). The summed E-state index contributed by atoms with van der Waals surface area (Å²) in [5.74, 6) is -0.546. The van der Waals surface area contributed by atoms with Gasteiger partial charge in [0.15, 0.2) is 5.82 Å². The van der Waals surface area contributed by atoms with Crippen LogP contribution < -0.4 is 5.32 Å². The maximum absolute atomic E-state index is 13.0. The number of carbonyl (C=O) groups is 1. The highest BCUT2D eigenvalue weighted by Gasteiger charge is 2.12. The smallest absolute Gasteiger partial charge is 0.256 e. The molecule has 1 amide bonds. The Morgan fingerprint density at radius 3 is 2.54 bits per heavy atom. The molecule has 1 aromatic carbocycles. The quantitative estimate of drug-likeness (QED) is 0.575. The van der Waals surface area contributed by atoms with Crippen LogP contribution in [-0.2, 0) is 0 Å². The summed E-state index contributed by atoms with van der Waals surface area (Å²) >= 11 is 0. The molecule has 0 atom stereocenters. The first-order chi connectivity index (χ1) is 12.7. The van der Waals surface area contributed by atoms with Gasteiger partial charge in [-0.25, -0.2) is 19.9 Å². The number of hydrogen-bond acceptors (Lipinski definition) is 5. The Balaban J connectivity index is 1.74. The number of benzene rings is 1. The predicted octanol–water partition coefficient (Wildman–Crippen LogP) is 3.48. The first kappa shape index (κ1) is 15.8. The Hall–Kier alpha value is -3.74. The molecule has 0 unspecified atom stereocenters. The molecular formula is C19H12FN5O. The summed E-state index contributed by atoms with van der Waals surface area (Å²) in [4.78, 5) is 28.9. The van der Waals surface area contributed by atoms with Crippen LogP contribution in [0.4, 0.5) is 10.2 Å². The summed E-state index contributed by atoms with van der Waals surface area (Å²) in [6, 6.07) is 15.2. The van der Waals surface area contributed by atoms with E-state index in [1.54, 1.807) is 42.5 Å². The number of amides is 1. The van der Waals surface area contributed by atoms with Gasteiger partial charge in [0.05, 0.1) is 11.2 Å². The number of anilines is 1. The van der Waals surface area contributed by atoms with Gasteiger partial charge in [0, 0.05) is 17.3 Å². The molecule has 6 nitrogen and oxygen atoms in total. The maximum Gasteiger partial charge on any atom is 0.256 e. The lowest BCUT2D eigenvalue weighted by molar-refractivity contribution is 0.102. The van der Waals surface area contributed by atoms with E-state index in [1.807, 2.05) is 6.07 Å². The van der Waals surface area contributed by atoms with E-state index in [-0.39, 0.29) is 5.91 Å². The molecule has 0 saturated carbocycles. The minimum Gasteiger partial charge on any atom is -0.305 e. The third-order valence-corrected chi connectivity index (χ3v) is 3.77. The van der Waals surface area contributed by atoms with Gasteiger partial charge in [0.2, 0.25) is 5.95 Å². The fraction of sp³-hybridized carbons (Fsp3) is 0. The molecule has 4 aromatic rings. The first-order valence-corrected chi connectivity index (χ1v) is 7.81. The molecule has 0 fully saturated rings. The highest BCUT2D eigenvalue weighted by molar-refractivity contribution is 6.07. The van der Waals surface area contributed by atoms with Crippen LogP contribution in [0.15, 0.2) is 67.1 Å². The molecule has 3 aromatic heterocycles. The Labute approximate surface area is 147 Å². The molecule has 126 valence electrons. The molecular weight excluding hydrogens is 333 g/mol. The van der Waals surface area contributed by atoms with Gasteiger partial charge in [0.25, 0.3) is 5.91 Å². The lowest BCUT2D eigenvalue weighted by atomic mass is 10.2. The van der Waals surface area contributed by atoms with Gasteiger partial charge in [0.1, 0.15) is 11.8 Å². The summed E-state index contributed by atoms with van der Waals surface area (Å²) in [5.41, 5.74) is 2.77. The molecule has 0 aliphatic heterocycles. The number of pyridine rings is 2. The van der Waals surface area contributed by atoms with Crippen molar-refractivity contribution in [3.8, 4) is 11.3 Å². The number of halogens is 1. The summed E-state index contributed by atoms with van der Waals surface area (Å²) in [7, 11) is 0. The third kappa shape index (κ3) is 3.10. The van der Waals surface area contributed by atoms with Crippen molar-refractivity contribution in [2.45, 2.75) is 0 Å². The Morgan fingerprint density at radius 1 is 0.923 bits per heavy atom. The molecule has 0 spiro atoms. The Bertz CT molecular complexity index is 1080. The van der Waals surface area contributed by atoms with E-state index >= 15 is 0 Å². The van der Waals surface area contributed by atoms with E-state index < -0.39 is 5.95 Å². The minimum atomic E-state index is -0.561. The van der Waals surface area contributed by atoms with E-state index in [0.29, 0.717) is 33.7 Å². The second-order valence-electron chi connectivity index (χ2n) is 5.48. The number of nitrogens with one attached hydrogen (secondary N) is 1. The average Bonchev–Trinajstić information content (AvgIpc) is 2.69. The molecule has 0 aliphatic carbocycles. The molecule has 0 aliphatic rings. The fourth-order valence-electron chi connectivity index (χ4n) is 2.49. The third-order valence-electron chi connectivity index (χ3n) is 3.77. The topological polar surface area (TPSA) is 80.7 Å². The summed E-state index contributed by atoms with van der Waals surface area (Å²) in [5, 5.41) is 2.76. The van der Waals surface area contributed by atoms with Crippen LogP contribution in [-0.4, -0.2) is 25.8 Å². The number of fused-ring (bicyclic) bond motifs is 1. The van der Waals surface area contributed by atoms with Crippen molar-refractivity contribution >= 4 is 22.8 Å². The second-order valence-corrected chi connectivity index (χ2v) is 5.48. The second kappa shape index (κ2) is 6.64. The Kier molecular flexibility index (Phi) is 4.03. The number of rotatable bonds is 3. The zero-order valence-corrected chi connectivity index (χ0v) is 13.4. The lowest BCUT2D eigenvalue weighted by Gasteiger charge is -2.08. The monoisotopic (exact) mass is 345 g/mol. The summed E-state index contributed by atoms with van der Waals surface area (Å²) in [6.07, 6.45) is 2.76. The average molecular weight is 345 g/mol. The number of nitrogens with zero attached hydrogens (tertiary/aromatic N) is 4. The molecule has 7 heteroatoms. The van der Waals surface area contributed by atoms with E-state index in [1.165, 1.54) is 18.6 Å². The molecule has 3 heterocycles. The zero-order chi connectivity index (χ0) is 17.9. The van der Waals surface area contributed by atoms with Crippen molar-refractivity contribution in [1.29, 1.82) is 0 Å². The van der Waals surface area contributed by atoms with Gasteiger partial charge in [-0.2, -0.15) is 4.39 Å². The van der Waals surface area contributed by atoms with Crippen LogP contribution >= 0.6 is 0 Å². The van der Waals surface area contributed by atoms with Crippen LogP contribution in [0.5, 0.6) is 0 Å². The van der Waals surface area contributed by atoms with Gasteiger partial charge in [-0.3, -0.25) is 4.79 Å². The molecule has 0 bridgehead atoms. The van der Waals surface area contributed by atoms with Crippen LogP contribution in [0.3, 0.4) is 0 Å². The van der Waals surface area contributed by atoms with Crippen LogP contribution in [0.25, 0.3) is 22.3 Å². The fourth-order valence-corrected chi connectivity index (χ4v) is 2.49. The number of hydrogen-bond donors (Lipinski definition) is 1. The van der Waals surface area contributed by atoms with E-state index in [9.17, 15) is 9.18 Å². The van der Waals surface area contributed by atoms with Crippen molar-refractivity contribution in [2.75, 3.05) is 5.32 Å². The van der Waals surface area contributed by atoms with Gasteiger partial charge >= 0.3 is 0 Å². The highest BCUT2D eigenvalue weighted by Crippen LogP contribution is 2.23. The lowest BCUT2D eigenvalue weighted by Crippen LogP contribution is -2.13. The highest BCUT2D eigenvalue weighted by atomic mass is 19.1. The number of carbonyl (C=O) groups excluding carboxylic acids is 1. The largest absolute Gasteiger partial charge is 0.305 e. The van der Waals surface area contributed by atoms with Gasteiger partial charge in [-0.15, -0.1) is 0 Å². The first-order valence-electron chi connectivity index (χ1n) is 7.81. The number of aromatic nitrogens is 4. The molecule has 4 rings (SSSR count). The van der Waals surface area contributed by atoms with Crippen LogP contribution in [0, 0.1) is 5.95 Å². The summed E-state index contributed by atoms with van der Waals surface area (Å²) in [6.45, 7) is 0. The van der Waals surface area contributed by atoms with Gasteiger partial charge in [-0.1, -0.05) is 18.2 Å². The van der Waals surface area contributed by atoms with E-state index in [4.69, 9.17) is 0 Å². The van der Waals surface area contributed by atoms with Crippen molar-refractivity contribution in [3.05, 3.63) is 78.6 Å². The molecule has 0 saturated heterocycles. The SMILES string of the molecule is O=C(Nc1ncnc2ccc(-c3ccc(F)nc3)nc12)c1ccccc1. The molecule has 0 radical (unpaired) electrons. The normalized spacial score (nSPS) is 10.7. The van der Waals surface area contributed by atoms with Crippen molar-refractivity contribution < 1.29 is 9.18 Å². The molecule has 26 heavy (non-hydrogen) atoms. The van der Waals surface area contributed by atoms with E-state index in [2.05, 4.69) is 25.3 Å². The minimum absolute atomic E-state index is 0.291. The van der Waals surface area contributed by atoms with Gasteiger partial charge in [-0.05, 0) is 36.4 Å². The van der Waals surface area contributed by atoms with Crippen LogP contribution in [0.2, 0.25) is 0 Å². The van der Waals surface area contributed by atoms with E-state index in [0.717, 1.165) is 0 Å². The van der Waals surface area contributed by atoms with Crippen molar-refractivity contribution in [1.82, 2.24) is 19.9 Å². The van der Waals surface area contributed by atoms with Crippen molar-refractivity contribution in [3.63, 3.8) is 0 Å². The maximum atomic E-state index is 13.0. The van der Waals surface area contributed by atoms with Crippen molar-refractivity contribution in [2.24, 2.45) is 0 Å². The Morgan fingerprint density at radius 2 is 1.77 bits per heavy atom. The van der Waals surface area contributed by atoms with Crippen LogP contribution in [0.1, 0.15) is 10.4 Å².